The SMILES string of the molecule is CC1CCC(C)C1(c1ccc(O)cc1)c1ccc(O)cc1. The molecule has 1 saturated carbocycles. The van der Waals surface area contributed by atoms with E-state index in [1.165, 1.54) is 24.0 Å². The summed E-state index contributed by atoms with van der Waals surface area (Å²) in [5.41, 5.74) is 2.47. The quantitative estimate of drug-likeness (QED) is 0.854. The maximum Gasteiger partial charge on any atom is 0.115 e. The van der Waals surface area contributed by atoms with Gasteiger partial charge in [-0.1, -0.05) is 38.1 Å². The molecule has 110 valence electrons. The van der Waals surface area contributed by atoms with Gasteiger partial charge >= 0.3 is 0 Å². The molecule has 0 aliphatic heterocycles. The number of phenolic OH excluding ortho intramolecular Hbond substituents is 2. The van der Waals surface area contributed by atoms with E-state index in [1.54, 1.807) is 24.3 Å². The summed E-state index contributed by atoms with van der Waals surface area (Å²) in [6.45, 7) is 4.62. The average Bonchev–Trinajstić information content (AvgIpc) is 2.77. The zero-order chi connectivity index (χ0) is 15.0. The van der Waals surface area contributed by atoms with Gasteiger partial charge in [-0.25, -0.2) is 0 Å². The van der Waals surface area contributed by atoms with E-state index in [1.807, 2.05) is 24.3 Å². The minimum absolute atomic E-state index is 0.0403. The van der Waals surface area contributed by atoms with E-state index >= 15 is 0 Å². The molecule has 0 radical (unpaired) electrons. The molecule has 1 fully saturated rings. The minimum Gasteiger partial charge on any atom is -0.508 e. The molecule has 1 aliphatic rings. The van der Waals surface area contributed by atoms with Gasteiger partial charge in [-0.15, -0.1) is 0 Å². The van der Waals surface area contributed by atoms with E-state index < -0.39 is 0 Å². The van der Waals surface area contributed by atoms with Crippen molar-refractivity contribution in [2.75, 3.05) is 0 Å². The first-order valence-corrected chi connectivity index (χ1v) is 7.64. The van der Waals surface area contributed by atoms with Crippen LogP contribution in [0.2, 0.25) is 0 Å². The van der Waals surface area contributed by atoms with E-state index in [0.717, 1.165) is 0 Å². The first kappa shape index (κ1) is 14.0. The topological polar surface area (TPSA) is 40.5 Å². The van der Waals surface area contributed by atoms with Gasteiger partial charge in [-0.3, -0.25) is 0 Å². The van der Waals surface area contributed by atoms with Gasteiger partial charge in [0.05, 0.1) is 0 Å². The number of benzene rings is 2. The molecule has 3 rings (SSSR count). The van der Waals surface area contributed by atoms with Gasteiger partial charge in [0.2, 0.25) is 0 Å². The molecule has 2 N–H and O–H groups in total. The standard InChI is InChI=1S/C19H22O2/c1-13-3-4-14(2)19(13,15-5-9-17(20)10-6-15)16-7-11-18(21)12-8-16/h5-14,20-21H,3-4H2,1-2H3. The van der Waals surface area contributed by atoms with Gasteiger partial charge in [0.25, 0.3) is 0 Å². The van der Waals surface area contributed by atoms with Crippen LogP contribution in [0.15, 0.2) is 48.5 Å². The van der Waals surface area contributed by atoms with E-state index in [2.05, 4.69) is 13.8 Å². The van der Waals surface area contributed by atoms with Gasteiger partial charge in [-0.05, 0) is 60.1 Å². The van der Waals surface area contributed by atoms with Crippen molar-refractivity contribution >= 4 is 0 Å². The zero-order valence-electron chi connectivity index (χ0n) is 12.6. The predicted molar refractivity (Wildman–Crippen MR) is 84.6 cm³/mol. The third-order valence-electron chi connectivity index (χ3n) is 5.28. The second-order valence-electron chi connectivity index (χ2n) is 6.34. The molecule has 2 aromatic carbocycles. The monoisotopic (exact) mass is 282 g/mol. The molecular weight excluding hydrogens is 260 g/mol. The molecule has 0 amide bonds. The second kappa shape index (κ2) is 5.10. The maximum atomic E-state index is 9.59. The van der Waals surface area contributed by atoms with E-state index in [4.69, 9.17) is 0 Å². The lowest BCUT2D eigenvalue weighted by Crippen LogP contribution is -2.36. The highest BCUT2D eigenvalue weighted by Crippen LogP contribution is 2.54. The van der Waals surface area contributed by atoms with Crippen molar-refractivity contribution in [3.63, 3.8) is 0 Å². The molecule has 0 heterocycles. The number of rotatable bonds is 2. The molecule has 2 atom stereocenters. The minimum atomic E-state index is -0.0403. The third-order valence-corrected chi connectivity index (χ3v) is 5.28. The van der Waals surface area contributed by atoms with Crippen LogP contribution in [0.4, 0.5) is 0 Å². The van der Waals surface area contributed by atoms with Crippen LogP contribution in [0.25, 0.3) is 0 Å². The van der Waals surface area contributed by atoms with Crippen molar-refractivity contribution in [2.45, 2.75) is 32.1 Å². The summed E-state index contributed by atoms with van der Waals surface area (Å²) in [7, 11) is 0. The first-order chi connectivity index (χ1) is 10.0. The summed E-state index contributed by atoms with van der Waals surface area (Å²) in [5, 5.41) is 19.2. The van der Waals surface area contributed by atoms with Gasteiger partial charge in [-0.2, -0.15) is 0 Å². The van der Waals surface area contributed by atoms with Crippen molar-refractivity contribution in [1.82, 2.24) is 0 Å². The summed E-state index contributed by atoms with van der Waals surface area (Å²) in [4.78, 5) is 0. The van der Waals surface area contributed by atoms with Crippen LogP contribution in [-0.4, -0.2) is 10.2 Å². The Morgan fingerprint density at radius 3 is 1.38 bits per heavy atom. The summed E-state index contributed by atoms with van der Waals surface area (Å²) >= 11 is 0. The highest BCUT2D eigenvalue weighted by atomic mass is 16.3. The lowest BCUT2D eigenvalue weighted by atomic mass is 9.64. The van der Waals surface area contributed by atoms with E-state index in [9.17, 15) is 10.2 Å². The Balaban J connectivity index is 2.20. The smallest absolute Gasteiger partial charge is 0.115 e. The second-order valence-corrected chi connectivity index (χ2v) is 6.34. The largest absolute Gasteiger partial charge is 0.508 e. The summed E-state index contributed by atoms with van der Waals surface area (Å²) in [6.07, 6.45) is 2.39. The summed E-state index contributed by atoms with van der Waals surface area (Å²) < 4.78 is 0. The Bertz CT molecular complexity index is 556. The molecule has 0 bridgehead atoms. The molecule has 0 aromatic heterocycles. The predicted octanol–water partition coefficient (Wildman–Crippen LogP) is 4.45. The van der Waals surface area contributed by atoms with E-state index in [-0.39, 0.29) is 5.41 Å². The maximum absolute atomic E-state index is 9.59. The number of aromatic hydroxyl groups is 2. The fourth-order valence-electron chi connectivity index (χ4n) is 4.22. The van der Waals surface area contributed by atoms with Crippen molar-refractivity contribution < 1.29 is 10.2 Å². The molecular formula is C19H22O2. The lowest BCUT2D eigenvalue weighted by Gasteiger charge is -2.39. The highest BCUT2D eigenvalue weighted by molar-refractivity contribution is 5.45. The molecule has 0 spiro atoms. The highest BCUT2D eigenvalue weighted by Gasteiger charge is 2.48. The van der Waals surface area contributed by atoms with Crippen LogP contribution in [0.1, 0.15) is 37.8 Å². The van der Waals surface area contributed by atoms with Crippen LogP contribution in [-0.2, 0) is 5.41 Å². The molecule has 2 unspecified atom stereocenters. The summed E-state index contributed by atoms with van der Waals surface area (Å²) in [6, 6.07) is 15.3. The van der Waals surface area contributed by atoms with Crippen molar-refractivity contribution in [3.05, 3.63) is 59.7 Å². The van der Waals surface area contributed by atoms with Crippen LogP contribution < -0.4 is 0 Å². The van der Waals surface area contributed by atoms with Gasteiger partial charge in [0.15, 0.2) is 0 Å². The Morgan fingerprint density at radius 1 is 0.714 bits per heavy atom. The molecule has 21 heavy (non-hydrogen) atoms. The third kappa shape index (κ3) is 2.10. The molecule has 0 saturated heterocycles. The molecule has 2 aromatic rings. The number of hydrogen-bond acceptors (Lipinski definition) is 2. The Morgan fingerprint density at radius 2 is 1.05 bits per heavy atom. The first-order valence-electron chi connectivity index (χ1n) is 7.64. The fraction of sp³-hybridized carbons (Fsp3) is 0.368. The number of phenols is 2. The van der Waals surface area contributed by atoms with Gasteiger partial charge in [0, 0.05) is 5.41 Å². The van der Waals surface area contributed by atoms with Gasteiger partial charge < -0.3 is 10.2 Å². The number of hydrogen-bond donors (Lipinski definition) is 2. The Labute approximate surface area is 126 Å². The average molecular weight is 282 g/mol. The Hall–Kier alpha value is -1.96. The molecule has 2 heteroatoms. The Kier molecular flexibility index (Phi) is 3.40. The van der Waals surface area contributed by atoms with E-state index in [0.29, 0.717) is 23.3 Å². The van der Waals surface area contributed by atoms with Crippen molar-refractivity contribution in [3.8, 4) is 11.5 Å². The normalized spacial score (nSPS) is 24.1. The van der Waals surface area contributed by atoms with Crippen LogP contribution in [0.3, 0.4) is 0 Å². The zero-order valence-corrected chi connectivity index (χ0v) is 12.6. The van der Waals surface area contributed by atoms with Gasteiger partial charge in [0.1, 0.15) is 11.5 Å². The molecule has 2 nitrogen and oxygen atoms in total. The van der Waals surface area contributed by atoms with Crippen LogP contribution in [0, 0.1) is 11.8 Å². The van der Waals surface area contributed by atoms with Crippen molar-refractivity contribution in [2.24, 2.45) is 11.8 Å². The fourth-order valence-corrected chi connectivity index (χ4v) is 4.22. The van der Waals surface area contributed by atoms with Crippen LogP contribution >= 0.6 is 0 Å². The van der Waals surface area contributed by atoms with Crippen molar-refractivity contribution in [1.29, 1.82) is 0 Å². The molecule has 1 aliphatic carbocycles. The lowest BCUT2D eigenvalue weighted by molar-refractivity contribution is 0.330. The summed E-state index contributed by atoms with van der Waals surface area (Å²) in [5.74, 6) is 1.67. The van der Waals surface area contributed by atoms with Crippen LogP contribution in [0.5, 0.6) is 11.5 Å².